The standard InChI is InChI=1S/C38H24N4O/c1-23-17-20-35-27(21-23)37-34(15-8-16-36(37)43-35)41-29-11-4-2-9-25(29)26-22-24(18-19-30(26)41)40-32-13-6-7-14-33(32)42-31-12-5-3-10-28(31)39-38(40)42/h2-22H,1H3. The molecule has 5 nitrogen and oxygen atoms in total. The summed E-state index contributed by atoms with van der Waals surface area (Å²) in [6.07, 6.45) is 0. The Labute approximate surface area is 245 Å². The molecule has 0 aliphatic carbocycles. The molecule has 5 heteroatoms. The molecule has 43 heavy (non-hydrogen) atoms. The van der Waals surface area contributed by atoms with Crippen molar-refractivity contribution >= 4 is 71.6 Å². The molecule has 10 aromatic rings. The topological polar surface area (TPSA) is 40.3 Å². The van der Waals surface area contributed by atoms with Crippen molar-refractivity contribution in [1.29, 1.82) is 0 Å². The highest BCUT2D eigenvalue weighted by Crippen LogP contribution is 2.40. The zero-order valence-electron chi connectivity index (χ0n) is 23.3. The SMILES string of the molecule is Cc1ccc2oc3cccc(-n4c5ccccc5c5cc(-n6c7ccccc7n7c8ccccc8nc67)ccc54)c3c2c1. The molecule has 4 aromatic heterocycles. The van der Waals surface area contributed by atoms with Crippen LogP contribution in [0.15, 0.2) is 132 Å². The summed E-state index contributed by atoms with van der Waals surface area (Å²) in [6, 6.07) is 45.2. The molecule has 0 saturated heterocycles. The predicted octanol–water partition coefficient (Wildman–Crippen LogP) is 9.74. The van der Waals surface area contributed by atoms with E-state index < -0.39 is 0 Å². The first-order valence-corrected chi connectivity index (χ1v) is 14.6. The first-order chi connectivity index (χ1) is 21.2. The number of aromatic nitrogens is 4. The van der Waals surface area contributed by atoms with Crippen molar-refractivity contribution in [2.45, 2.75) is 6.92 Å². The first-order valence-electron chi connectivity index (χ1n) is 14.6. The van der Waals surface area contributed by atoms with Gasteiger partial charge in [0, 0.05) is 21.8 Å². The molecule has 0 saturated carbocycles. The number of aryl methyl sites for hydroxylation is 1. The van der Waals surface area contributed by atoms with Crippen LogP contribution in [0.3, 0.4) is 0 Å². The molecule has 10 rings (SSSR count). The molecule has 0 bridgehead atoms. The fourth-order valence-corrected chi connectivity index (χ4v) is 7.07. The van der Waals surface area contributed by atoms with Crippen molar-refractivity contribution in [1.82, 2.24) is 18.5 Å². The Hall–Kier alpha value is -5.81. The van der Waals surface area contributed by atoms with Crippen molar-refractivity contribution < 1.29 is 4.42 Å². The molecule has 0 fully saturated rings. The van der Waals surface area contributed by atoms with E-state index in [1.807, 2.05) is 6.07 Å². The third-order valence-electron chi connectivity index (χ3n) is 8.89. The van der Waals surface area contributed by atoms with Crippen LogP contribution in [0.4, 0.5) is 0 Å². The number of hydrogen-bond donors (Lipinski definition) is 0. The highest BCUT2D eigenvalue weighted by molar-refractivity contribution is 6.14. The van der Waals surface area contributed by atoms with Crippen LogP contribution < -0.4 is 0 Å². The van der Waals surface area contributed by atoms with E-state index in [0.717, 1.165) is 66.7 Å². The summed E-state index contributed by atoms with van der Waals surface area (Å²) in [5.74, 6) is 0.912. The molecule has 0 spiro atoms. The van der Waals surface area contributed by atoms with E-state index in [1.165, 1.54) is 21.9 Å². The highest BCUT2D eigenvalue weighted by atomic mass is 16.3. The lowest BCUT2D eigenvalue weighted by Gasteiger charge is -2.10. The van der Waals surface area contributed by atoms with Gasteiger partial charge in [-0.2, -0.15) is 0 Å². The van der Waals surface area contributed by atoms with Crippen molar-refractivity contribution in [2.75, 3.05) is 0 Å². The lowest BCUT2D eigenvalue weighted by Crippen LogP contribution is -1.97. The Morgan fingerprint density at radius 1 is 0.535 bits per heavy atom. The van der Waals surface area contributed by atoms with E-state index in [4.69, 9.17) is 9.40 Å². The lowest BCUT2D eigenvalue weighted by molar-refractivity contribution is 0.668. The van der Waals surface area contributed by atoms with E-state index in [2.05, 4.69) is 142 Å². The van der Waals surface area contributed by atoms with Gasteiger partial charge in [-0.15, -0.1) is 0 Å². The molecule has 0 unspecified atom stereocenters. The van der Waals surface area contributed by atoms with E-state index in [1.54, 1.807) is 0 Å². The first kappa shape index (κ1) is 22.8. The van der Waals surface area contributed by atoms with E-state index in [9.17, 15) is 0 Å². The van der Waals surface area contributed by atoms with Crippen molar-refractivity contribution in [2.24, 2.45) is 0 Å². The van der Waals surface area contributed by atoms with Gasteiger partial charge >= 0.3 is 0 Å². The summed E-state index contributed by atoms with van der Waals surface area (Å²) in [5.41, 5.74) is 11.9. The molecular weight excluding hydrogens is 528 g/mol. The average molecular weight is 553 g/mol. The van der Waals surface area contributed by atoms with Gasteiger partial charge in [-0.1, -0.05) is 60.2 Å². The molecule has 0 radical (unpaired) electrons. The molecule has 0 aliphatic heterocycles. The summed E-state index contributed by atoms with van der Waals surface area (Å²) < 4.78 is 13.3. The summed E-state index contributed by atoms with van der Waals surface area (Å²) in [4.78, 5) is 5.10. The number of nitrogens with zero attached hydrogens (tertiary/aromatic N) is 4. The molecular formula is C38H24N4O. The zero-order chi connectivity index (χ0) is 28.2. The molecule has 0 N–H and O–H groups in total. The molecule has 0 amide bonds. The normalized spacial score (nSPS) is 12.3. The van der Waals surface area contributed by atoms with Gasteiger partial charge in [0.1, 0.15) is 11.2 Å². The van der Waals surface area contributed by atoms with Gasteiger partial charge in [-0.3, -0.25) is 8.97 Å². The van der Waals surface area contributed by atoms with Gasteiger partial charge in [-0.25, -0.2) is 4.98 Å². The fourth-order valence-electron chi connectivity index (χ4n) is 7.07. The number of benzene rings is 6. The largest absolute Gasteiger partial charge is 0.456 e. The van der Waals surface area contributed by atoms with E-state index in [0.29, 0.717) is 0 Å². The molecule has 202 valence electrons. The van der Waals surface area contributed by atoms with Crippen molar-refractivity contribution in [3.63, 3.8) is 0 Å². The lowest BCUT2D eigenvalue weighted by atomic mass is 10.1. The molecule has 0 aliphatic rings. The minimum absolute atomic E-state index is 0.897. The third-order valence-corrected chi connectivity index (χ3v) is 8.89. The summed E-state index contributed by atoms with van der Waals surface area (Å²) in [6.45, 7) is 2.13. The van der Waals surface area contributed by atoms with Gasteiger partial charge in [0.2, 0.25) is 5.78 Å². The minimum atomic E-state index is 0.897. The maximum absolute atomic E-state index is 6.32. The molecule has 4 heterocycles. The van der Waals surface area contributed by atoms with Crippen LogP contribution in [0.1, 0.15) is 5.56 Å². The van der Waals surface area contributed by atoms with E-state index in [-0.39, 0.29) is 0 Å². The average Bonchev–Trinajstić information content (AvgIpc) is 3.77. The molecule has 0 atom stereocenters. The number of rotatable bonds is 2. The fraction of sp³-hybridized carbons (Fsp3) is 0.0263. The Morgan fingerprint density at radius 3 is 2.21 bits per heavy atom. The van der Waals surface area contributed by atoms with Gasteiger partial charge in [0.05, 0.1) is 44.2 Å². The Bertz CT molecular complexity index is 2750. The van der Waals surface area contributed by atoms with Gasteiger partial charge in [-0.05, 0) is 79.7 Å². The molecule has 6 aromatic carbocycles. The van der Waals surface area contributed by atoms with Crippen LogP contribution in [-0.2, 0) is 0 Å². The van der Waals surface area contributed by atoms with Crippen molar-refractivity contribution in [3.8, 4) is 11.4 Å². The third kappa shape index (κ3) is 2.98. The quantitative estimate of drug-likeness (QED) is 0.214. The van der Waals surface area contributed by atoms with Crippen LogP contribution >= 0.6 is 0 Å². The second-order valence-electron chi connectivity index (χ2n) is 11.4. The van der Waals surface area contributed by atoms with Crippen LogP contribution in [0.25, 0.3) is 83.0 Å². The second kappa shape index (κ2) is 8.14. The Balaban J connectivity index is 1.31. The predicted molar refractivity (Wildman–Crippen MR) is 176 cm³/mol. The smallest absolute Gasteiger partial charge is 0.220 e. The van der Waals surface area contributed by atoms with Crippen LogP contribution in [-0.4, -0.2) is 18.5 Å². The van der Waals surface area contributed by atoms with Crippen molar-refractivity contribution in [3.05, 3.63) is 133 Å². The summed E-state index contributed by atoms with van der Waals surface area (Å²) >= 11 is 0. The van der Waals surface area contributed by atoms with Gasteiger partial charge in [0.25, 0.3) is 0 Å². The Morgan fingerprint density at radius 2 is 1.30 bits per heavy atom. The summed E-state index contributed by atoms with van der Waals surface area (Å²) in [7, 11) is 0. The van der Waals surface area contributed by atoms with Gasteiger partial charge < -0.3 is 8.98 Å². The minimum Gasteiger partial charge on any atom is -0.456 e. The zero-order valence-corrected chi connectivity index (χ0v) is 23.3. The number of para-hydroxylation sites is 5. The number of imidazole rings is 2. The highest BCUT2D eigenvalue weighted by Gasteiger charge is 2.20. The maximum Gasteiger partial charge on any atom is 0.220 e. The maximum atomic E-state index is 6.32. The Kier molecular flexibility index (Phi) is 4.32. The van der Waals surface area contributed by atoms with Gasteiger partial charge in [0.15, 0.2) is 0 Å². The number of furan rings is 1. The van der Waals surface area contributed by atoms with Crippen LogP contribution in [0.5, 0.6) is 0 Å². The van der Waals surface area contributed by atoms with Crippen LogP contribution in [0, 0.1) is 6.92 Å². The summed E-state index contributed by atoms with van der Waals surface area (Å²) in [5, 5.41) is 4.68. The monoisotopic (exact) mass is 552 g/mol. The van der Waals surface area contributed by atoms with Crippen LogP contribution in [0.2, 0.25) is 0 Å². The number of fused-ring (bicyclic) bond motifs is 11. The van der Waals surface area contributed by atoms with E-state index >= 15 is 0 Å². The second-order valence-corrected chi connectivity index (χ2v) is 11.4. The number of hydrogen-bond acceptors (Lipinski definition) is 2.